The summed E-state index contributed by atoms with van der Waals surface area (Å²) < 4.78 is 0. The average Bonchev–Trinajstić information content (AvgIpc) is 2.61. The Bertz CT molecular complexity index is 662. The van der Waals surface area contributed by atoms with Crippen molar-refractivity contribution in [3.8, 4) is 0 Å². The van der Waals surface area contributed by atoms with Crippen molar-refractivity contribution in [2.45, 2.75) is 4.90 Å². The smallest absolute Gasteiger partial charge is 0.233 e. The molecule has 1 saturated heterocycles. The Morgan fingerprint density at radius 2 is 1.87 bits per heavy atom. The van der Waals surface area contributed by atoms with E-state index >= 15 is 0 Å². The number of piperazine rings is 1. The molecule has 5 nitrogen and oxygen atoms in total. The Hall–Kier alpha value is -1.79. The highest BCUT2D eigenvalue weighted by atomic mass is 35.5. The number of halogens is 1. The van der Waals surface area contributed by atoms with E-state index in [-0.39, 0.29) is 5.91 Å². The van der Waals surface area contributed by atoms with Gasteiger partial charge in [-0.1, -0.05) is 29.8 Å². The van der Waals surface area contributed by atoms with Gasteiger partial charge in [0.25, 0.3) is 0 Å². The van der Waals surface area contributed by atoms with E-state index in [1.165, 1.54) is 6.33 Å². The van der Waals surface area contributed by atoms with Crippen LogP contribution in [0.25, 0.3) is 0 Å². The summed E-state index contributed by atoms with van der Waals surface area (Å²) in [6.07, 6.45) is 1.46. The van der Waals surface area contributed by atoms with Gasteiger partial charge in [-0.25, -0.2) is 9.97 Å². The largest absolute Gasteiger partial charge is 0.353 e. The number of carbonyl (C=O) groups excluding carboxylic acids is 1. The van der Waals surface area contributed by atoms with Crippen LogP contribution in [0.1, 0.15) is 0 Å². The molecule has 1 amide bonds. The van der Waals surface area contributed by atoms with E-state index < -0.39 is 0 Å². The second kappa shape index (κ2) is 7.66. The first-order valence-corrected chi connectivity index (χ1v) is 8.77. The summed E-state index contributed by atoms with van der Waals surface area (Å²) in [5.74, 6) is 1.47. The number of rotatable bonds is 4. The number of hydrogen-bond acceptors (Lipinski definition) is 5. The summed E-state index contributed by atoms with van der Waals surface area (Å²) in [4.78, 5) is 25.6. The van der Waals surface area contributed by atoms with Crippen LogP contribution in [0.3, 0.4) is 0 Å². The maximum atomic E-state index is 12.3. The molecule has 2 aromatic rings. The third-order valence-electron chi connectivity index (χ3n) is 3.68. The Kier molecular flexibility index (Phi) is 5.35. The summed E-state index contributed by atoms with van der Waals surface area (Å²) in [6.45, 7) is 2.93. The topological polar surface area (TPSA) is 49.3 Å². The van der Waals surface area contributed by atoms with Crippen LogP contribution in [0.15, 0.2) is 47.6 Å². The lowest BCUT2D eigenvalue weighted by Gasteiger charge is -2.35. The fourth-order valence-corrected chi connectivity index (χ4v) is 3.40. The number of carbonyl (C=O) groups is 1. The zero-order valence-electron chi connectivity index (χ0n) is 12.6. The molecule has 2 heterocycles. The normalized spacial score (nSPS) is 14.8. The molecule has 1 fully saturated rings. The van der Waals surface area contributed by atoms with Crippen molar-refractivity contribution in [1.82, 2.24) is 14.9 Å². The minimum Gasteiger partial charge on any atom is -0.353 e. The number of thioether (sulfide) groups is 1. The highest BCUT2D eigenvalue weighted by Gasteiger charge is 2.22. The molecule has 7 heteroatoms. The van der Waals surface area contributed by atoms with E-state index in [9.17, 15) is 4.79 Å². The van der Waals surface area contributed by atoms with Crippen molar-refractivity contribution in [3.05, 3.63) is 47.9 Å². The molecule has 0 aliphatic carbocycles. The summed E-state index contributed by atoms with van der Waals surface area (Å²) in [7, 11) is 0. The Morgan fingerprint density at radius 3 is 2.57 bits per heavy atom. The van der Waals surface area contributed by atoms with Crippen molar-refractivity contribution in [2.24, 2.45) is 0 Å². The quantitative estimate of drug-likeness (QED) is 0.628. The second-order valence-corrected chi connectivity index (χ2v) is 6.60. The van der Waals surface area contributed by atoms with Crippen molar-refractivity contribution in [1.29, 1.82) is 0 Å². The van der Waals surface area contributed by atoms with Crippen molar-refractivity contribution < 1.29 is 4.79 Å². The fraction of sp³-hybridized carbons (Fsp3) is 0.312. The molecule has 120 valence electrons. The number of amides is 1. The maximum Gasteiger partial charge on any atom is 0.233 e. The van der Waals surface area contributed by atoms with Crippen LogP contribution in [0.2, 0.25) is 5.15 Å². The molecule has 3 rings (SSSR count). The molecule has 0 saturated carbocycles. The van der Waals surface area contributed by atoms with Gasteiger partial charge < -0.3 is 9.80 Å². The molecule has 23 heavy (non-hydrogen) atoms. The van der Waals surface area contributed by atoms with Crippen LogP contribution < -0.4 is 4.90 Å². The van der Waals surface area contributed by atoms with Gasteiger partial charge in [0, 0.05) is 37.1 Å². The van der Waals surface area contributed by atoms with Gasteiger partial charge in [0.1, 0.15) is 17.3 Å². The van der Waals surface area contributed by atoms with Gasteiger partial charge in [-0.3, -0.25) is 4.79 Å². The molecule has 0 N–H and O–H groups in total. The molecule has 0 unspecified atom stereocenters. The summed E-state index contributed by atoms with van der Waals surface area (Å²) in [5, 5.41) is 0.438. The number of benzene rings is 1. The lowest BCUT2D eigenvalue weighted by Crippen LogP contribution is -2.49. The van der Waals surface area contributed by atoms with E-state index in [0.29, 0.717) is 24.0 Å². The molecule has 1 aromatic carbocycles. The highest BCUT2D eigenvalue weighted by molar-refractivity contribution is 8.00. The van der Waals surface area contributed by atoms with E-state index in [4.69, 9.17) is 11.6 Å². The van der Waals surface area contributed by atoms with Crippen LogP contribution >= 0.6 is 23.4 Å². The summed E-state index contributed by atoms with van der Waals surface area (Å²) in [6, 6.07) is 11.7. The third-order valence-corrected chi connectivity index (χ3v) is 4.88. The molecular weight excluding hydrogens is 332 g/mol. The van der Waals surface area contributed by atoms with Gasteiger partial charge >= 0.3 is 0 Å². The monoisotopic (exact) mass is 348 g/mol. The zero-order chi connectivity index (χ0) is 16.1. The van der Waals surface area contributed by atoms with Crippen LogP contribution in [0.5, 0.6) is 0 Å². The minimum absolute atomic E-state index is 0.180. The Balaban J connectivity index is 1.49. The molecular formula is C16H17ClN4OS. The fourth-order valence-electron chi connectivity index (χ4n) is 2.44. The molecule has 1 aromatic heterocycles. The Labute approximate surface area is 144 Å². The van der Waals surface area contributed by atoms with Crippen LogP contribution in [0.4, 0.5) is 5.82 Å². The second-order valence-electron chi connectivity index (χ2n) is 5.17. The average molecular weight is 349 g/mol. The predicted molar refractivity (Wildman–Crippen MR) is 93.0 cm³/mol. The number of nitrogens with zero attached hydrogens (tertiary/aromatic N) is 4. The number of aromatic nitrogens is 2. The summed E-state index contributed by atoms with van der Waals surface area (Å²) >= 11 is 7.48. The lowest BCUT2D eigenvalue weighted by molar-refractivity contribution is -0.128. The predicted octanol–water partition coefficient (Wildman–Crippen LogP) is 2.57. The van der Waals surface area contributed by atoms with Gasteiger partial charge in [-0.05, 0) is 12.1 Å². The van der Waals surface area contributed by atoms with Crippen LogP contribution in [-0.4, -0.2) is 52.7 Å². The maximum absolute atomic E-state index is 12.3. The van der Waals surface area contributed by atoms with Crippen LogP contribution in [0, 0.1) is 0 Å². The van der Waals surface area contributed by atoms with E-state index in [0.717, 1.165) is 23.8 Å². The first-order valence-electron chi connectivity index (χ1n) is 7.40. The van der Waals surface area contributed by atoms with Crippen molar-refractivity contribution in [2.75, 3.05) is 36.8 Å². The van der Waals surface area contributed by atoms with Crippen LogP contribution in [-0.2, 0) is 4.79 Å². The SMILES string of the molecule is O=C(CSc1ccccc1)N1CCN(c2cc(Cl)ncn2)CC1. The molecule has 0 atom stereocenters. The Morgan fingerprint density at radius 1 is 1.13 bits per heavy atom. The lowest BCUT2D eigenvalue weighted by atomic mass is 10.3. The van der Waals surface area contributed by atoms with Gasteiger partial charge in [0.2, 0.25) is 5.91 Å². The summed E-state index contributed by atoms with van der Waals surface area (Å²) in [5.41, 5.74) is 0. The van der Waals surface area contributed by atoms with Gasteiger partial charge in [-0.15, -0.1) is 11.8 Å². The van der Waals surface area contributed by atoms with Crippen molar-refractivity contribution in [3.63, 3.8) is 0 Å². The molecule has 0 spiro atoms. The molecule has 1 aliphatic rings. The standard InChI is InChI=1S/C16H17ClN4OS/c17-14-10-15(19-12-18-14)20-6-8-21(9-7-20)16(22)11-23-13-4-2-1-3-5-13/h1-5,10,12H,6-9,11H2. The first kappa shape index (κ1) is 16.1. The number of hydrogen-bond donors (Lipinski definition) is 0. The third kappa shape index (κ3) is 4.36. The van der Waals surface area contributed by atoms with Gasteiger partial charge in [-0.2, -0.15) is 0 Å². The van der Waals surface area contributed by atoms with E-state index in [2.05, 4.69) is 14.9 Å². The number of anilines is 1. The molecule has 0 bridgehead atoms. The van der Waals surface area contributed by atoms with E-state index in [1.807, 2.05) is 35.2 Å². The van der Waals surface area contributed by atoms with Crippen molar-refractivity contribution >= 4 is 35.1 Å². The molecule has 0 radical (unpaired) electrons. The zero-order valence-corrected chi connectivity index (χ0v) is 14.1. The molecule has 1 aliphatic heterocycles. The van der Waals surface area contributed by atoms with Gasteiger partial charge in [0.15, 0.2) is 0 Å². The van der Waals surface area contributed by atoms with Gasteiger partial charge in [0.05, 0.1) is 5.75 Å². The van der Waals surface area contributed by atoms with E-state index in [1.54, 1.807) is 17.8 Å². The first-order chi connectivity index (χ1) is 11.2. The highest BCUT2D eigenvalue weighted by Crippen LogP contribution is 2.19. The minimum atomic E-state index is 0.180.